The van der Waals surface area contributed by atoms with Crippen molar-refractivity contribution in [1.82, 2.24) is 0 Å². The van der Waals surface area contributed by atoms with Crippen LogP contribution in [-0.2, 0) is 14.3 Å². The van der Waals surface area contributed by atoms with Gasteiger partial charge < -0.3 is 4.74 Å². The van der Waals surface area contributed by atoms with Crippen LogP contribution in [0.25, 0.3) is 0 Å². The molecule has 60 valence electrons. The maximum absolute atomic E-state index is 11.0. The van der Waals surface area contributed by atoms with Crippen LogP contribution < -0.4 is 0 Å². The lowest BCUT2D eigenvalue weighted by Crippen LogP contribution is -2.16. The molecule has 0 N–H and O–H groups in total. The molecular formula is C7H8O3S. The Hall–Kier alpha value is -0.770. The molecule has 0 saturated heterocycles. The molecule has 1 heterocycles. The molecule has 4 heteroatoms. The highest BCUT2D eigenvalue weighted by Crippen LogP contribution is 2.18. The van der Waals surface area contributed by atoms with E-state index in [0.29, 0.717) is 6.42 Å². The fourth-order valence-corrected chi connectivity index (χ4v) is 1.58. The smallest absolute Gasteiger partial charge is 0.342 e. The van der Waals surface area contributed by atoms with Crippen LogP contribution in [0, 0.1) is 0 Å². The molecule has 0 aromatic heterocycles. The molecule has 0 spiro atoms. The number of hydrogen-bond acceptors (Lipinski definition) is 4. The summed E-state index contributed by atoms with van der Waals surface area (Å²) >= 11 is 1.47. The quantitative estimate of drug-likeness (QED) is 0.432. The molecule has 0 atom stereocenters. The van der Waals surface area contributed by atoms with Gasteiger partial charge in [0, 0.05) is 12.2 Å². The molecular weight excluding hydrogens is 164 g/mol. The minimum Gasteiger partial charge on any atom is -0.465 e. The van der Waals surface area contributed by atoms with E-state index in [9.17, 15) is 9.59 Å². The van der Waals surface area contributed by atoms with E-state index in [-0.39, 0.29) is 11.4 Å². The molecule has 0 unspecified atom stereocenters. The molecule has 0 amide bonds. The summed E-state index contributed by atoms with van der Waals surface area (Å²) in [6.07, 6.45) is 0.436. The standard InChI is InChI=1S/C7H8O3S/c1-10-7(9)5-4-11-3-2-6(5)8/h4H,2-3H2,1H3. The van der Waals surface area contributed by atoms with Crippen LogP contribution in [0.3, 0.4) is 0 Å². The van der Waals surface area contributed by atoms with Crippen LogP contribution in [0.4, 0.5) is 0 Å². The monoisotopic (exact) mass is 172 g/mol. The van der Waals surface area contributed by atoms with E-state index in [0.717, 1.165) is 5.75 Å². The Labute approximate surface area is 68.8 Å². The van der Waals surface area contributed by atoms with Gasteiger partial charge in [0.2, 0.25) is 0 Å². The topological polar surface area (TPSA) is 43.4 Å². The van der Waals surface area contributed by atoms with Gasteiger partial charge in [0.15, 0.2) is 5.78 Å². The van der Waals surface area contributed by atoms with E-state index in [2.05, 4.69) is 4.74 Å². The third-order valence-corrected chi connectivity index (χ3v) is 2.20. The van der Waals surface area contributed by atoms with E-state index >= 15 is 0 Å². The SMILES string of the molecule is COC(=O)C1=CSCCC1=O. The van der Waals surface area contributed by atoms with Gasteiger partial charge in [0.25, 0.3) is 0 Å². The van der Waals surface area contributed by atoms with Crippen LogP contribution in [0.2, 0.25) is 0 Å². The average molecular weight is 172 g/mol. The first-order valence-electron chi connectivity index (χ1n) is 3.19. The zero-order valence-corrected chi connectivity index (χ0v) is 6.94. The molecule has 0 fully saturated rings. The summed E-state index contributed by atoms with van der Waals surface area (Å²) in [4.78, 5) is 21.9. The number of thioether (sulfide) groups is 1. The van der Waals surface area contributed by atoms with Crippen LogP contribution in [0.1, 0.15) is 6.42 Å². The number of ketones is 1. The predicted molar refractivity (Wildman–Crippen MR) is 42.2 cm³/mol. The summed E-state index contributed by atoms with van der Waals surface area (Å²) in [5, 5.41) is 1.57. The summed E-state index contributed by atoms with van der Waals surface area (Å²) < 4.78 is 4.42. The largest absolute Gasteiger partial charge is 0.465 e. The maximum Gasteiger partial charge on any atom is 0.342 e. The van der Waals surface area contributed by atoms with Gasteiger partial charge in [-0.1, -0.05) is 0 Å². The predicted octanol–water partition coefficient (Wildman–Crippen LogP) is 0.749. The third kappa shape index (κ3) is 1.83. The highest BCUT2D eigenvalue weighted by Gasteiger charge is 2.20. The second-order valence-electron chi connectivity index (χ2n) is 2.07. The lowest BCUT2D eigenvalue weighted by atomic mass is 10.1. The Kier molecular flexibility index (Phi) is 2.70. The Morgan fingerprint density at radius 3 is 3.00 bits per heavy atom. The fraction of sp³-hybridized carbons (Fsp3) is 0.429. The van der Waals surface area contributed by atoms with Gasteiger partial charge in [-0.15, -0.1) is 11.8 Å². The number of Topliss-reactive ketones (excluding diaryl/α,β-unsaturated/α-hetero) is 1. The van der Waals surface area contributed by atoms with E-state index in [1.54, 1.807) is 5.41 Å². The first kappa shape index (κ1) is 8.33. The number of ether oxygens (including phenoxy) is 1. The molecule has 0 aliphatic carbocycles. The van der Waals surface area contributed by atoms with Crippen LogP contribution in [0.15, 0.2) is 11.0 Å². The summed E-state index contributed by atoms with van der Waals surface area (Å²) in [6.45, 7) is 0. The number of carbonyl (C=O) groups excluding carboxylic acids is 2. The van der Waals surface area contributed by atoms with Crippen molar-refractivity contribution in [2.24, 2.45) is 0 Å². The molecule has 1 rings (SSSR count). The Morgan fingerprint density at radius 2 is 2.45 bits per heavy atom. The molecule has 0 saturated carbocycles. The van der Waals surface area contributed by atoms with Gasteiger partial charge >= 0.3 is 5.97 Å². The zero-order chi connectivity index (χ0) is 8.27. The summed E-state index contributed by atoms with van der Waals surface area (Å²) in [5.74, 6) is 0.122. The number of rotatable bonds is 1. The zero-order valence-electron chi connectivity index (χ0n) is 6.12. The third-order valence-electron chi connectivity index (χ3n) is 1.35. The molecule has 11 heavy (non-hydrogen) atoms. The van der Waals surface area contributed by atoms with Crippen molar-refractivity contribution in [2.45, 2.75) is 6.42 Å². The minimum atomic E-state index is -0.526. The van der Waals surface area contributed by atoms with Crippen molar-refractivity contribution in [2.75, 3.05) is 12.9 Å². The van der Waals surface area contributed by atoms with Crippen LogP contribution in [-0.4, -0.2) is 24.6 Å². The van der Waals surface area contributed by atoms with E-state index < -0.39 is 5.97 Å². The number of carbonyl (C=O) groups is 2. The lowest BCUT2D eigenvalue weighted by molar-refractivity contribution is -0.137. The Balaban J connectivity index is 2.75. The molecule has 0 bridgehead atoms. The highest BCUT2D eigenvalue weighted by atomic mass is 32.2. The minimum absolute atomic E-state index is 0.115. The highest BCUT2D eigenvalue weighted by molar-refractivity contribution is 8.02. The molecule has 0 aromatic rings. The summed E-state index contributed by atoms with van der Waals surface area (Å²) in [7, 11) is 1.27. The van der Waals surface area contributed by atoms with Gasteiger partial charge in [0.1, 0.15) is 5.57 Å². The number of hydrogen-bond donors (Lipinski definition) is 0. The van der Waals surface area contributed by atoms with E-state index in [1.165, 1.54) is 18.9 Å². The van der Waals surface area contributed by atoms with Crippen molar-refractivity contribution >= 4 is 23.5 Å². The van der Waals surface area contributed by atoms with Gasteiger partial charge in [0.05, 0.1) is 7.11 Å². The van der Waals surface area contributed by atoms with Crippen LogP contribution in [0.5, 0.6) is 0 Å². The first-order valence-corrected chi connectivity index (χ1v) is 4.24. The molecule has 0 aromatic carbocycles. The number of methoxy groups -OCH3 is 1. The Bertz CT molecular complexity index is 220. The molecule has 1 aliphatic rings. The van der Waals surface area contributed by atoms with Crippen LogP contribution >= 0.6 is 11.8 Å². The summed E-state index contributed by atoms with van der Waals surface area (Å²) in [6, 6.07) is 0. The number of esters is 1. The molecule has 1 aliphatic heterocycles. The normalized spacial score (nSPS) is 17.5. The first-order chi connectivity index (χ1) is 5.25. The summed E-state index contributed by atoms with van der Waals surface area (Å²) in [5.41, 5.74) is 0.184. The Morgan fingerprint density at radius 1 is 1.73 bits per heavy atom. The van der Waals surface area contributed by atoms with Crippen molar-refractivity contribution in [3.8, 4) is 0 Å². The van der Waals surface area contributed by atoms with Crippen molar-refractivity contribution in [1.29, 1.82) is 0 Å². The van der Waals surface area contributed by atoms with E-state index in [1.807, 2.05) is 0 Å². The van der Waals surface area contributed by atoms with Crippen molar-refractivity contribution < 1.29 is 14.3 Å². The second kappa shape index (κ2) is 3.57. The maximum atomic E-state index is 11.0. The fourth-order valence-electron chi connectivity index (χ4n) is 0.766. The van der Waals surface area contributed by atoms with Crippen molar-refractivity contribution in [3.05, 3.63) is 11.0 Å². The van der Waals surface area contributed by atoms with Crippen molar-refractivity contribution in [3.63, 3.8) is 0 Å². The average Bonchev–Trinajstić information content (AvgIpc) is 2.04. The van der Waals surface area contributed by atoms with Gasteiger partial charge in [-0.05, 0) is 5.41 Å². The van der Waals surface area contributed by atoms with Gasteiger partial charge in [-0.3, -0.25) is 4.79 Å². The van der Waals surface area contributed by atoms with Gasteiger partial charge in [-0.2, -0.15) is 0 Å². The molecule has 3 nitrogen and oxygen atoms in total. The second-order valence-corrected chi connectivity index (χ2v) is 3.04. The van der Waals surface area contributed by atoms with Gasteiger partial charge in [-0.25, -0.2) is 4.79 Å². The lowest BCUT2D eigenvalue weighted by Gasteiger charge is -2.07. The molecule has 0 radical (unpaired) electrons. The van der Waals surface area contributed by atoms with E-state index in [4.69, 9.17) is 0 Å².